The molecule has 17 heavy (non-hydrogen) atoms. The highest BCUT2D eigenvalue weighted by molar-refractivity contribution is 7.99. The molecule has 0 bridgehead atoms. The van der Waals surface area contributed by atoms with Crippen LogP contribution >= 0.6 is 23.4 Å². The fraction of sp³-hybridized carbons (Fsp3) is 0.154. The van der Waals surface area contributed by atoms with Crippen LogP contribution in [0.1, 0.15) is 5.56 Å². The van der Waals surface area contributed by atoms with E-state index in [-0.39, 0.29) is 0 Å². The number of hydrogen-bond donors (Lipinski definition) is 1. The fourth-order valence-electron chi connectivity index (χ4n) is 1.43. The molecule has 4 heteroatoms. The predicted molar refractivity (Wildman–Crippen MR) is 72.6 cm³/mol. The lowest BCUT2D eigenvalue weighted by Gasteiger charge is -2.03. The summed E-state index contributed by atoms with van der Waals surface area (Å²) in [5, 5.41) is 1.61. The summed E-state index contributed by atoms with van der Waals surface area (Å²) < 4.78 is 0. The van der Waals surface area contributed by atoms with Crippen LogP contribution in [0.3, 0.4) is 0 Å². The summed E-state index contributed by atoms with van der Waals surface area (Å²) in [4.78, 5) is 5.41. The molecule has 0 spiro atoms. The third-order valence-corrected chi connectivity index (χ3v) is 3.46. The second-order valence-corrected chi connectivity index (χ2v) is 5.13. The van der Waals surface area contributed by atoms with Crippen molar-refractivity contribution in [2.24, 2.45) is 5.73 Å². The lowest BCUT2D eigenvalue weighted by atomic mass is 10.2. The summed E-state index contributed by atoms with van der Waals surface area (Å²) in [7, 11) is 0. The van der Waals surface area contributed by atoms with Gasteiger partial charge in [-0.2, -0.15) is 0 Å². The van der Waals surface area contributed by atoms with Gasteiger partial charge in [-0.3, -0.25) is 0 Å². The average Bonchev–Trinajstić information content (AvgIpc) is 2.35. The third kappa shape index (κ3) is 3.73. The van der Waals surface area contributed by atoms with Gasteiger partial charge in [0.15, 0.2) is 0 Å². The van der Waals surface area contributed by atoms with Crippen molar-refractivity contribution >= 4 is 23.4 Å². The van der Waals surface area contributed by atoms with E-state index in [1.54, 1.807) is 18.0 Å². The number of pyridine rings is 1. The van der Waals surface area contributed by atoms with E-state index in [4.69, 9.17) is 17.3 Å². The van der Waals surface area contributed by atoms with Gasteiger partial charge in [0.1, 0.15) is 5.03 Å². The zero-order chi connectivity index (χ0) is 12.1. The first-order chi connectivity index (χ1) is 8.28. The standard InChI is InChI=1S/C13H13ClN2S/c14-11-3-6-13(16-9-11)17-12-4-1-10(2-5-12)7-8-15/h1-6,9H,7-8,15H2. The van der Waals surface area contributed by atoms with E-state index in [1.165, 1.54) is 10.5 Å². The van der Waals surface area contributed by atoms with Crippen molar-refractivity contribution in [3.8, 4) is 0 Å². The van der Waals surface area contributed by atoms with Crippen molar-refractivity contribution in [2.75, 3.05) is 6.54 Å². The Morgan fingerprint density at radius 3 is 2.47 bits per heavy atom. The van der Waals surface area contributed by atoms with E-state index in [9.17, 15) is 0 Å². The highest BCUT2D eigenvalue weighted by Gasteiger charge is 1.99. The van der Waals surface area contributed by atoms with Crippen LogP contribution in [0.4, 0.5) is 0 Å². The Hall–Kier alpha value is -1.03. The molecule has 0 amide bonds. The molecule has 2 aromatic rings. The maximum atomic E-state index is 5.79. The van der Waals surface area contributed by atoms with Gasteiger partial charge >= 0.3 is 0 Å². The van der Waals surface area contributed by atoms with Crippen molar-refractivity contribution < 1.29 is 0 Å². The quantitative estimate of drug-likeness (QED) is 0.920. The molecule has 1 heterocycles. The van der Waals surface area contributed by atoms with Crippen LogP contribution in [-0.2, 0) is 6.42 Å². The maximum Gasteiger partial charge on any atom is 0.101 e. The van der Waals surface area contributed by atoms with Crippen LogP contribution in [0, 0.1) is 0 Å². The monoisotopic (exact) mass is 264 g/mol. The van der Waals surface area contributed by atoms with E-state index in [2.05, 4.69) is 29.2 Å². The number of rotatable bonds is 4. The van der Waals surface area contributed by atoms with Gasteiger partial charge < -0.3 is 5.73 Å². The Bertz CT molecular complexity index is 468. The molecule has 0 fully saturated rings. The lowest BCUT2D eigenvalue weighted by molar-refractivity contribution is 0.966. The van der Waals surface area contributed by atoms with Gasteiger partial charge in [0.25, 0.3) is 0 Å². The summed E-state index contributed by atoms with van der Waals surface area (Å²) in [5.74, 6) is 0. The number of benzene rings is 1. The largest absolute Gasteiger partial charge is 0.330 e. The highest BCUT2D eigenvalue weighted by Crippen LogP contribution is 2.26. The summed E-state index contributed by atoms with van der Waals surface area (Å²) in [6, 6.07) is 12.1. The first kappa shape index (κ1) is 12.4. The second-order valence-electron chi connectivity index (χ2n) is 3.60. The number of aromatic nitrogens is 1. The summed E-state index contributed by atoms with van der Waals surface area (Å²) >= 11 is 7.41. The van der Waals surface area contributed by atoms with Crippen LogP contribution < -0.4 is 5.73 Å². The molecule has 1 aromatic heterocycles. The molecule has 2 rings (SSSR count). The Labute approximate surface area is 110 Å². The Balaban J connectivity index is 2.05. The molecular formula is C13H13ClN2S. The van der Waals surface area contributed by atoms with Gasteiger partial charge in [-0.05, 0) is 42.8 Å². The van der Waals surface area contributed by atoms with Crippen LogP contribution in [-0.4, -0.2) is 11.5 Å². The minimum absolute atomic E-state index is 0.660. The fourth-order valence-corrected chi connectivity index (χ4v) is 2.30. The van der Waals surface area contributed by atoms with Gasteiger partial charge in [-0.15, -0.1) is 0 Å². The summed E-state index contributed by atoms with van der Waals surface area (Å²) in [5.41, 5.74) is 6.77. The molecule has 0 saturated heterocycles. The first-order valence-corrected chi connectivity index (χ1v) is 6.56. The van der Waals surface area contributed by atoms with E-state index in [0.717, 1.165) is 11.4 Å². The van der Waals surface area contributed by atoms with Crippen LogP contribution in [0.15, 0.2) is 52.5 Å². The second kappa shape index (κ2) is 6.05. The summed E-state index contributed by atoms with van der Waals surface area (Å²) in [6.45, 7) is 0.686. The Morgan fingerprint density at radius 2 is 1.88 bits per heavy atom. The molecule has 2 N–H and O–H groups in total. The lowest BCUT2D eigenvalue weighted by Crippen LogP contribution is -2.02. The SMILES string of the molecule is NCCc1ccc(Sc2ccc(Cl)cn2)cc1. The van der Waals surface area contributed by atoms with Crippen LogP contribution in [0.2, 0.25) is 5.02 Å². The van der Waals surface area contributed by atoms with Gasteiger partial charge in [-0.25, -0.2) is 4.98 Å². The smallest absolute Gasteiger partial charge is 0.101 e. The number of hydrogen-bond acceptors (Lipinski definition) is 3. The molecule has 0 unspecified atom stereocenters. The van der Waals surface area contributed by atoms with Crippen molar-refractivity contribution in [1.82, 2.24) is 4.98 Å². The summed E-state index contributed by atoms with van der Waals surface area (Å²) in [6.07, 6.45) is 2.58. The molecular weight excluding hydrogens is 252 g/mol. The average molecular weight is 265 g/mol. The normalized spacial score (nSPS) is 10.5. The van der Waals surface area contributed by atoms with E-state index in [1.807, 2.05) is 12.1 Å². The zero-order valence-electron chi connectivity index (χ0n) is 9.27. The van der Waals surface area contributed by atoms with E-state index in [0.29, 0.717) is 11.6 Å². The predicted octanol–water partition coefficient (Wildman–Crippen LogP) is 3.39. The maximum absolute atomic E-state index is 5.79. The number of nitrogens with zero attached hydrogens (tertiary/aromatic N) is 1. The van der Waals surface area contributed by atoms with Crippen molar-refractivity contribution in [2.45, 2.75) is 16.3 Å². The molecule has 0 saturated carbocycles. The van der Waals surface area contributed by atoms with Crippen molar-refractivity contribution in [3.63, 3.8) is 0 Å². The van der Waals surface area contributed by atoms with E-state index < -0.39 is 0 Å². The topological polar surface area (TPSA) is 38.9 Å². The number of nitrogens with two attached hydrogens (primary N) is 1. The van der Waals surface area contributed by atoms with Gasteiger partial charge in [0.2, 0.25) is 0 Å². The molecule has 2 nitrogen and oxygen atoms in total. The molecule has 0 aliphatic carbocycles. The molecule has 0 radical (unpaired) electrons. The zero-order valence-corrected chi connectivity index (χ0v) is 10.8. The van der Waals surface area contributed by atoms with Gasteiger partial charge in [0, 0.05) is 11.1 Å². The molecule has 0 aliphatic heterocycles. The molecule has 0 aliphatic rings. The third-order valence-electron chi connectivity index (χ3n) is 2.28. The van der Waals surface area contributed by atoms with Gasteiger partial charge in [0.05, 0.1) is 5.02 Å². The molecule has 1 aromatic carbocycles. The Kier molecular flexibility index (Phi) is 4.42. The first-order valence-electron chi connectivity index (χ1n) is 5.36. The van der Waals surface area contributed by atoms with Crippen LogP contribution in [0.25, 0.3) is 0 Å². The minimum Gasteiger partial charge on any atom is -0.330 e. The van der Waals surface area contributed by atoms with Crippen molar-refractivity contribution in [1.29, 1.82) is 0 Å². The Morgan fingerprint density at radius 1 is 1.12 bits per heavy atom. The van der Waals surface area contributed by atoms with Crippen molar-refractivity contribution in [3.05, 3.63) is 53.2 Å². The molecule has 88 valence electrons. The van der Waals surface area contributed by atoms with Gasteiger partial charge in [-0.1, -0.05) is 35.5 Å². The minimum atomic E-state index is 0.660. The number of halogens is 1. The van der Waals surface area contributed by atoms with E-state index >= 15 is 0 Å². The van der Waals surface area contributed by atoms with Crippen LogP contribution in [0.5, 0.6) is 0 Å². The molecule has 0 atom stereocenters. The highest BCUT2D eigenvalue weighted by atomic mass is 35.5.